The first-order chi connectivity index (χ1) is 17.1. The van der Waals surface area contributed by atoms with Crippen LogP contribution in [-0.4, -0.2) is 33.3 Å². The van der Waals surface area contributed by atoms with Gasteiger partial charge in [0.1, 0.15) is 11.5 Å². The van der Waals surface area contributed by atoms with E-state index in [9.17, 15) is 14.7 Å². The van der Waals surface area contributed by atoms with Crippen LogP contribution in [0, 0.1) is 0 Å². The molecule has 4 aromatic rings. The summed E-state index contributed by atoms with van der Waals surface area (Å²) in [6, 6.07) is 23.3. The molecule has 0 aliphatic carbocycles. The van der Waals surface area contributed by atoms with E-state index >= 15 is 0 Å². The molecule has 1 N–H and O–H groups in total. The summed E-state index contributed by atoms with van der Waals surface area (Å²) >= 11 is 0. The normalized spacial score (nSPS) is 17.2. The molecule has 174 valence electrons. The molecule has 1 saturated heterocycles. The fourth-order valence-electron chi connectivity index (χ4n) is 4.57. The van der Waals surface area contributed by atoms with Crippen LogP contribution in [0.25, 0.3) is 16.5 Å². The summed E-state index contributed by atoms with van der Waals surface area (Å²) in [6.45, 7) is 2.60. The molecule has 2 heterocycles. The zero-order chi connectivity index (χ0) is 24.4. The van der Waals surface area contributed by atoms with Crippen LogP contribution in [0.5, 0.6) is 5.75 Å². The first-order valence-corrected chi connectivity index (χ1v) is 11.5. The van der Waals surface area contributed by atoms with E-state index in [0.717, 1.165) is 21.9 Å². The van der Waals surface area contributed by atoms with Crippen molar-refractivity contribution in [1.82, 2.24) is 9.88 Å². The van der Waals surface area contributed by atoms with Gasteiger partial charge in [0.25, 0.3) is 11.7 Å². The third-order valence-corrected chi connectivity index (χ3v) is 6.17. The summed E-state index contributed by atoms with van der Waals surface area (Å²) < 4.78 is 5.49. The SMILES string of the molecule is CCOc1ccc(C(O)=C2C(=O)C(=O)N(Cc3cccnc3)[C@H]2c2cccc3ccccc23)cc1. The Balaban J connectivity index is 1.69. The molecule has 0 radical (unpaired) electrons. The molecular weight excluding hydrogens is 440 g/mol. The zero-order valence-corrected chi connectivity index (χ0v) is 19.2. The topological polar surface area (TPSA) is 79.7 Å². The molecule has 1 amide bonds. The lowest BCUT2D eigenvalue weighted by Gasteiger charge is -2.26. The quantitative estimate of drug-likeness (QED) is 0.239. The fraction of sp³-hybridized carbons (Fsp3) is 0.138. The third-order valence-electron chi connectivity index (χ3n) is 6.17. The Morgan fingerprint density at radius 3 is 2.49 bits per heavy atom. The summed E-state index contributed by atoms with van der Waals surface area (Å²) in [5, 5.41) is 13.2. The lowest BCUT2D eigenvalue weighted by molar-refractivity contribution is -0.140. The van der Waals surface area contributed by atoms with Gasteiger partial charge < -0.3 is 14.7 Å². The molecule has 1 aromatic heterocycles. The van der Waals surface area contributed by atoms with Gasteiger partial charge in [0.15, 0.2) is 0 Å². The largest absolute Gasteiger partial charge is 0.507 e. The van der Waals surface area contributed by atoms with Crippen LogP contribution in [0.3, 0.4) is 0 Å². The van der Waals surface area contributed by atoms with Gasteiger partial charge >= 0.3 is 0 Å². The number of aliphatic hydroxyl groups excluding tert-OH is 1. The second-order valence-electron chi connectivity index (χ2n) is 8.31. The maximum absolute atomic E-state index is 13.4. The zero-order valence-electron chi connectivity index (χ0n) is 19.2. The molecule has 0 bridgehead atoms. The van der Waals surface area contributed by atoms with Crippen molar-refractivity contribution < 1.29 is 19.4 Å². The highest BCUT2D eigenvalue weighted by Crippen LogP contribution is 2.42. The molecular formula is C29H24N2O4. The maximum Gasteiger partial charge on any atom is 0.295 e. The number of aromatic nitrogens is 1. The summed E-state index contributed by atoms with van der Waals surface area (Å²) in [5.74, 6) is -0.915. The molecule has 6 heteroatoms. The molecule has 6 nitrogen and oxygen atoms in total. The van der Waals surface area contributed by atoms with Gasteiger partial charge in [-0.3, -0.25) is 14.6 Å². The van der Waals surface area contributed by atoms with Crippen molar-refractivity contribution in [2.24, 2.45) is 0 Å². The predicted molar refractivity (Wildman–Crippen MR) is 134 cm³/mol. The van der Waals surface area contributed by atoms with Crippen LogP contribution in [-0.2, 0) is 16.1 Å². The van der Waals surface area contributed by atoms with Gasteiger partial charge in [0, 0.05) is 24.5 Å². The van der Waals surface area contributed by atoms with Crippen LogP contribution < -0.4 is 4.74 Å². The summed E-state index contributed by atoms with van der Waals surface area (Å²) in [6.07, 6.45) is 3.33. The van der Waals surface area contributed by atoms with Crippen LogP contribution in [0.4, 0.5) is 0 Å². The van der Waals surface area contributed by atoms with Gasteiger partial charge in [-0.25, -0.2) is 0 Å². The number of hydrogen-bond acceptors (Lipinski definition) is 5. The van der Waals surface area contributed by atoms with Crippen LogP contribution >= 0.6 is 0 Å². The minimum atomic E-state index is -0.757. The van der Waals surface area contributed by atoms with Gasteiger partial charge in [-0.15, -0.1) is 0 Å². The number of benzene rings is 3. The molecule has 0 unspecified atom stereocenters. The monoisotopic (exact) mass is 464 g/mol. The highest BCUT2D eigenvalue weighted by molar-refractivity contribution is 6.46. The minimum Gasteiger partial charge on any atom is -0.507 e. The van der Waals surface area contributed by atoms with Crippen molar-refractivity contribution in [1.29, 1.82) is 0 Å². The van der Waals surface area contributed by atoms with E-state index in [1.54, 1.807) is 42.7 Å². The van der Waals surface area contributed by atoms with E-state index in [1.807, 2.05) is 55.5 Å². The number of carbonyl (C=O) groups is 2. The molecule has 1 fully saturated rings. The van der Waals surface area contributed by atoms with E-state index in [1.165, 1.54) is 4.90 Å². The van der Waals surface area contributed by atoms with E-state index in [2.05, 4.69) is 4.98 Å². The molecule has 0 saturated carbocycles. The van der Waals surface area contributed by atoms with Gasteiger partial charge in [-0.2, -0.15) is 0 Å². The number of carbonyl (C=O) groups excluding carboxylic acids is 2. The predicted octanol–water partition coefficient (Wildman–Crippen LogP) is 5.26. The highest BCUT2D eigenvalue weighted by atomic mass is 16.5. The lowest BCUT2D eigenvalue weighted by atomic mass is 9.91. The summed E-state index contributed by atoms with van der Waals surface area (Å²) in [7, 11) is 0. The number of Topliss-reactive ketones (excluding diaryl/α,β-unsaturated/α-hetero) is 1. The number of nitrogens with zero attached hydrogens (tertiary/aromatic N) is 2. The van der Waals surface area contributed by atoms with E-state index < -0.39 is 17.7 Å². The number of pyridine rings is 1. The number of aliphatic hydroxyl groups is 1. The number of amides is 1. The Morgan fingerprint density at radius 1 is 0.971 bits per heavy atom. The molecule has 1 aliphatic rings. The third kappa shape index (κ3) is 4.15. The number of hydrogen-bond donors (Lipinski definition) is 1. The Hall–Kier alpha value is -4.45. The second-order valence-corrected chi connectivity index (χ2v) is 8.31. The van der Waals surface area contributed by atoms with Gasteiger partial charge in [-0.1, -0.05) is 48.5 Å². The average molecular weight is 465 g/mol. The minimum absolute atomic E-state index is 0.0689. The smallest absolute Gasteiger partial charge is 0.295 e. The summed E-state index contributed by atoms with van der Waals surface area (Å²) in [5.41, 5.74) is 2.08. The van der Waals surface area contributed by atoms with E-state index in [4.69, 9.17) is 4.74 Å². The first-order valence-electron chi connectivity index (χ1n) is 11.5. The van der Waals surface area contributed by atoms with E-state index in [-0.39, 0.29) is 17.9 Å². The van der Waals surface area contributed by atoms with Crippen molar-refractivity contribution in [3.05, 3.63) is 114 Å². The first kappa shape index (κ1) is 22.3. The Kier molecular flexibility index (Phi) is 6.02. The number of rotatable bonds is 6. The van der Waals surface area contributed by atoms with Crippen molar-refractivity contribution >= 4 is 28.2 Å². The average Bonchev–Trinajstić information content (AvgIpc) is 3.14. The van der Waals surface area contributed by atoms with E-state index in [0.29, 0.717) is 17.9 Å². The van der Waals surface area contributed by atoms with Crippen molar-refractivity contribution in [2.75, 3.05) is 6.61 Å². The van der Waals surface area contributed by atoms with Crippen molar-refractivity contribution in [3.8, 4) is 5.75 Å². The van der Waals surface area contributed by atoms with Gasteiger partial charge in [-0.05, 0) is 59.2 Å². The molecule has 0 spiro atoms. The molecule has 1 aliphatic heterocycles. The van der Waals surface area contributed by atoms with Crippen LogP contribution in [0.2, 0.25) is 0 Å². The standard InChI is InChI=1S/C29H24N2O4/c1-2-35-22-14-12-21(13-15-22)27(32)25-26(24-11-5-9-20-8-3-4-10-23(20)24)31(29(34)28(25)33)18-19-7-6-16-30-17-19/h3-17,26,32H,2,18H2,1H3/t26-/m0/s1. The van der Waals surface area contributed by atoms with Crippen LogP contribution in [0.1, 0.15) is 29.7 Å². The van der Waals surface area contributed by atoms with Crippen LogP contribution in [0.15, 0.2) is 96.8 Å². The van der Waals surface area contributed by atoms with Gasteiger partial charge in [0.05, 0.1) is 18.2 Å². The maximum atomic E-state index is 13.4. The number of ether oxygens (including phenoxy) is 1. The lowest BCUT2D eigenvalue weighted by Crippen LogP contribution is -2.29. The molecule has 3 aromatic carbocycles. The fourth-order valence-corrected chi connectivity index (χ4v) is 4.57. The number of fused-ring (bicyclic) bond motifs is 1. The molecule has 5 rings (SSSR count). The number of likely N-dealkylation sites (tertiary alicyclic amines) is 1. The van der Waals surface area contributed by atoms with Crippen molar-refractivity contribution in [2.45, 2.75) is 19.5 Å². The number of ketones is 1. The highest BCUT2D eigenvalue weighted by Gasteiger charge is 2.46. The second kappa shape index (κ2) is 9.43. The Labute approximate surface area is 203 Å². The van der Waals surface area contributed by atoms with Gasteiger partial charge in [0.2, 0.25) is 0 Å². The Morgan fingerprint density at radius 2 is 1.74 bits per heavy atom. The molecule has 1 atom stereocenters. The summed E-state index contributed by atoms with van der Waals surface area (Å²) in [4.78, 5) is 32.3. The Bertz CT molecular complexity index is 1420. The molecule has 35 heavy (non-hydrogen) atoms. The van der Waals surface area contributed by atoms with Crippen molar-refractivity contribution in [3.63, 3.8) is 0 Å².